The lowest BCUT2D eigenvalue weighted by molar-refractivity contribution is -0.147. The quantitative estimate of drug-likeness (QED) is 0.696. The van der Waals surface area contributed by atoms with Gasteiger partial charge in [0.05, 0.1) is 17.6 Å². The summed E-state index contributed by atoms with van der Waals surface area (Å²) in [6, 6.07) is 10.6. The summed E-state index contributed by atoms with van der Waals surface area (Å²) in [6.45, 7) is 3.95. The molecule has 2 aromatic heterocycles. The van der Waals surface area contributed by atoms with Crippen LogP contribution in [0.4, 0.5) is 0 Å². The van der Waals surface area contributed by atoms with Gasteiger partial charge in [0.25, 0.3) is 5.56 Å². The number of nitrogens with zero attached hydrogens (tertiary/aromatic N) is 2. The predicted octanol–water partition coefficient (Wildman–Crippen LogP) is 2.77. The Morgan fingerprint density at radius 1 is 1.09 bits per heavy atom. The van der Waals surface area contributed by atoms with Gasteiger partial charge in [0.1, 0.15) is 11.6 Å². The predicted molar refractivity (Wildman–Crippen MR) is 85.1 cm³/mol. The molecule has 114 valence electrons. The first-order valence-corrected chi connectivity index (χ1v) is 7.46. The van der Waals surface area contributed by atoms with Crippen LogP contribution in [-0.2, 0) is 9.53 Å². The molecule has 2 heterocycles. The van der Waals surface area contributed by atoms with E-state index in [0.717, 1.165) is 11.0 Å². The van der Waals surface area contributed by atoms with Crippen LogP contribution in [0.2, 0.25) is 0 Å². The Labute approximate surface area is 127 Å². The SMILES string of the molecule is CCOC(=O)C(CC)n1c(=O)c2cccn2c2ccccc21. The van der Waals surface area contributed by atoms with Gasteiger partial charge in [-0.15, -0.1) is 0 Å². The summed E-state index contributed by atoms with van der Waals surface area (Å²) in [6.07, 6.45) is 2.36. The molecule has 5 heteroatoms. The van der Waals surface area contributed by atoms with Crippen LogP contribution in [0, 0.1) is 0 Å². The smallest absolute Gasteiger partial charge is 0.329 e. The van der Waals surface area contributed by atoms with Crippen molar-refractivity contribution in [3.63, 3.8) is 0 Å². The highest BCUT2D eigenvalue weighted by Gasteiger charge is 2.24. The van der Waals surface area contributed by atoms with E-state index in [9.17, 15) is 9.59 Å². The number of hydrogen-bond acceptors (Lipinski definition) is 3. The minimum absolute atomic E-state index is 0.177. The molecule has 0 radical (unpaired) electrons. The summed E-state index contributed by atoms with van der Waals surface area (Å²) < 4.78 is 8.55. The van der Waals surface area contributed by atoms with Crippen molar-refractivity contribution in [1.82, 2.24) is 8.97 Å². The van der Waals surface area contributed by atoms with Crippen LogP contribution in [0.15, 0.2) is 47.4 Å². The van der Waals surface area contributed by atoms with Crippen molar-refractivity contribution in [2.24, 2.45) is 0 Å². The van der Waals surface area contributed by atoms with Gasteiger partial charge in [0.15, 0.2) is 0 Å². The number of carbonyl (C=O) groups excluding carboxylic acids is 1. The summed E-state index contributed by atoms with van der Waals surface area (Å²) in [5.74, 6) is -0.367. The second kappa shape index (κ2) is 5.67. The van der Waals surface area contributed by atoms with Gasteiger partial charge in [0.2, 0.25) is 0 Å². The largest absolute Gasteiger partial charge is 0.464 e. The maximum atomic E-state index is 12.8. The summed E-state index contributed by atoms with van der Waals surface area (Å²) in [7, 11) is 0. The van der Waals surface area contributed by atoms with E-state index in [0.29, 0.717) is 18.5 Å². The first kappa shape index (κ1) is 14.4. The van der Waals surface area contributed by atoms with Gasteiger partial charge in [-0.25, -0.2) is 4.79 Å². The number of benzene rings is 1. The van der Waals surface area contributed by atoms with E-state index < -0.39 is 6.04 Å². The summed E-state index contributed by atoms with van der Waals surface area (Å²) in [5, 5.41) is 0. The number of esters is 1. The Morgan fingerprint density at radius 2 is 1.77 bits per heavy atom. The third-order valence-electron chi connectivity index (χ3n) is 3.84. The van der Waals surface area contributed by atoms with E-state index in [1.165, 1.54) is 0 Å². The Morgan fingerprint density at radius 3 is 2.45 bits per heavy atom. The van der Waals surface area contributed by atoms with Crippen molar-refractivity contribution < 1.29 is 9.53 Å². The summed E-state index contributed by atoms with van der Waals surface area (Å²) in [5.41, 5.74) is 2.01. The van der Waals surface area contributed by atoms with Crippen LogP contribution in [-0.4, -0.2) is 21.5 Å². The number of fused-ring (bicyclic) bond motifs is 3. The van der Waals surface area contributed by atoms with Crippen molar-refractivity contribution in [3.05, 3.63) is 52.9 Å². The minimum Gasteiger partial charge on any atom is -0.464 e. The van der Waals surface area contributed by atoms with Crippen molar-refractivity contribution in [2.45, 2.75) is 26.3 Å². The van der Waals surface area contributed by atoms with Crippen molar-refractivity contribution in [2.75, 3.05) is 6.61 Å². The highest BCUT2D eigenvalue weighted by molar-refractivity contribution is 5.82. The lowest BCUT2D eigenvalue weighted by Gasteiger charge is -2.20. The Hall–Kier alpha value is -2.56. The number of hydrogen-bond donors (Lipinski definition) is 0. The van der Waals surface area contributed by atoms with Gasteiger partial charge in [-0.3, -0.25) is 9.36 Å². The third kappa shape index (κ3) is 2.09. The zero-order valence-electron chi connectivity index (χ0n) is 12.7. The zero-order chi connectivity index (χ0) is 15.7. The molecular weight excluding hydrogens is 280 g/mol. The average Bonchev–Trinajstić information content (AvgIpc) is 3.01. The van der Waals surface area contributed by atoms with Crippen LogP contribution >= 0.6 is 0 Å². The van der Waals surface area contributed by atoms with Crippen molar-refractivity contribution >= 4 is 22.5 Å². The molecular formula is C17H18N2O3. The molecule has 5 nitrogen and oxygen atoms in total. The Balaban J connectivity index is 2.37. The minimum atomic E-state index is -0.614. The van der Waals surface area contributed by atoms with E-state index in [2.05, 4.69) is 0 Å². The first-order valence-electron chi connectivity index (χ1n) is 7.46. The van der Waals surface area contributed by atoms with Crippen molar-refractivity contribution in [3.8, 4) is 0 Å². The van der Waals surface area contributed by atoms with Gasteiger partial charge in [-0.05, 0) is 37.6 Å². The van der Waals surface area contributed by atoms with Crippen LogP contribution in [0.3, 0.4) is 0 Å². The lowest BCUT2D eigenvalue weighted by Crippen LogP contribution is -2.32. The lowest BCUT2D eigenvalue weighted by atomic mass is 10.2. The molecule has 3 rings (SSSR count). The standard InChI is InChI=1S/C17H18N2O3/c1-3-12(17(21)22-4-2)19-14-9-6-5-8-13(14)18-11-7-10-15(18)16(19)20/h5-12H,3-4H2,1-2H3. The number of aromatic nitrogens is 2. The fraction of sp³-hybridized carbons (Fsp3) is 0.294. The van der Waals surface area contributed by atoms with E-state index in [4.69, 9.17) is 4.74 Å². The van der Waals surface area contributed by atoms with Gasteiger partial charge >= 0.3 is 5.97 Å². The molecule has 0 N–H and O–H groups in total. The van der Waals surface area contributed by atoms with E-state index in [-0.39, 0.29) is 11.5 Å². The molecule has 0 amide bonds. The molecule has 0 aliphatic heterocycles. The van der Waals surface area contributed by atoms with E-state index in [1.807, 2.05) is 47.9 Å². The van der Waals surface area contributed by atoms with Crippen LogP contribution in [0.5, 0.6) is 0 Å². The van der Waals surface area contributed by atoms with Gasteiger partial charge in [-0.1, -0.05) is 19.1 Å². The molecule has 0 bridgehead atoms. The van der Waals surface area contributed by atoms with Gasteiger partial charge in [-0.2, -0.15) is 0 Å². The van der Waals surface area contributed by atoms with Gasteiger partial charge in [0, 0.05) is 6.20 Å². The Kier molecular flexibility index (Phi) is 3.71. The molecule has 0 saturated heterocycles. The first-order chi connectivity index (χ1) is 10.7. The maximum Gasteiger partial charge on any atom is 0.329 e. The maximum absolute atomic E-state index is 12.8. The molecule has 0 aliphatic rings. The molecule has 22 heavy (non-hydrogen) atoms. The van der Waals surface area contributed by atoms with Crippen LogP contribution in [0.25, 0.3) is 16.6 Å². The fourth-order valence-corrected chi connectivity index (χ4v) is 2.87. The highest BCUT2D eigenvalue weighted by Crippen LogP contribution is 2.21. The number of para-hydroxylation sites is 2. The number of ether oxygens (including phenoxy) is 1. The topological polar surface area (TPSA) is 52.7 Å². The summed E-state index contributed by atoms with van der Waals surface area (Å²) in [4.78, 5) is 25.1. The van der Waals surface area contributed by atoms with Crippen LogP contribution in [0.1, 0.15) is 26.3 Å². The molecule has 0 saturated carbocycles. The average molecular weight is 298 g/mol. The molecule has 0 fully saturated rings. The fourth-order valence-electron chi connectivity index (χ4n) is 2.87. The molecule has 1 atom stereocenters. The van der Waals surface area contributed by atoms with Gasteiger partial charge < -0.3 is 9.14 Å². The number of carbonyl (C=O) groups is 1. The second-order valence-corrected chi connectivity index (χ2v) is 5.10. The molecule has 1 unspecified atom stereocenters. The van der Waals surface area contributed by atoms with E-state index >= 15 is 0 Å². The Bertz CT molecular complexity index is 892. The zero-order valence-corrected chi connectivity index (χ0v) is 12.7. The molecule has 0 aliphatic carbocycles. The molecule has 3 aromatic rings. The van der Waals surface area contributed by atoms with E-state index in [1.54, 1.807) is 17.6 Å². The number of rotatable bonds is 4. The molecule has 1 aromatic carbocycles. The van der Waals surface area contributed by atoms with Crippen molar-refractivity contribution in [1.29, 1.82) is 0 Å². The molecule has 0 spiro atoms. The second-order valence-electron chi connectivity index (χ2n) is 5.10. The monoisotopic (exact) mass is 298 g/mol. The highest BCUT2D eigenvalue weighted by atomic mass is 16.5. The summed E-state index contributed by atoms with van der Waals surface area (Å²) >= 11 is 0. The van der Waals surface area contributed by atoms with Crippen LogP contribution < -0.4 is 5.56 Å². The normalized spacial score (nSPS) is 12.6. The third-order valence-corrected chi connectivity index (χ3v) is 3.84.